The number of nitrogens with zero attached hydrogens (tertiary/aromatic N) is 6. The van der Waals surface area contributed by atoms with E-state index in [1.807, 2.05) is 29.2 Å². The third-order valence-corrected chi connectivity index (χ3v) is 6.34. The summed E-state index contributed by atoms with van der Waals surface area (Å²) in [5.74, 6) is -1.35. The Morgan fingerprint density at radius 2 is 1.91 bits per heavy atom. The monoisotopic (exact) mass is 462 g/mol. The highest BCUT2D eigenvalue weighted by Crippen LogP contribution is 2.29. The van der Waals surface area contributed by atoms with Gasteiger partial charge < -0.3 is 9.64 Å². The summed E-state index contributed by atoms with van der Waals surface area (Å²) < 4.78 is 46.5. The summed E-state index contributed by atoms with van der Waals surface area (Å²) in [6.07, 6.45) is -3.61. The van der Waals surface area contributed by atoms with Gasteiger partial charge in [-0.15, -0.1) is 26.6 Å². The highest BCUT2D eigenvalue weighted by molar-refractivity contribution is 7.18. The van der Waals surface area contributed by atoms with Crippen LogP contribution in [0, 0.1) is 5.92 Å². The summed E-state index contributed by atoms with van der Waals surface area (Å²) in [6.45, 7) is 1.08. The van der Waals surface area contributed by atoms with Gasteiger partial charge in [0.1, 0.15) is 17.4 Å². The number of benzene rings is 1. The lowest BCUT2D eigenvalue weighted by Gasteiger charge is -2.31. The van der Waals surface area contributed by atoms with E-state index in [1.54, 1.807) is 6.07 Å². The van der Waals surface area contributed by atoms with Crippen LogP contribution < -0.4 is 4.90 Å². The van der Waals surface area contributed by atoms with Crippen LogP contribution in [0.3, 0.4) is 0 Å². The summed E-state index contributed by atoms with van der Waals surface area (Å²) in [6, 6.07) is 10.8. The molecule has 0 unspecified atom stereocenters. The van der Waals surface area contributed by atoms with Crippen molar-refractivity contribution in [2.45, 2.75) is 25.6 Å². The zero-order valence-electron chi connectivity index (χ0n) is 16.6. The number of carbonyl (C=O) groups excluding carboxylic acids is 1. The average molecular weight is 462 g/mol. The molecule has 1 aromatic carbocycles. The van der Waals surface area contributed by atoms with Crippen molar-refractivity contribution in [2.24, 2.45) is 5.92 Å². The van der Waals surface area contributed by atoms with E-state index in [1.165, 1.54) is 17.4 Å². The number of hydrogen-bond acceptors (Lipinski definition) is 8. The molecule has 4 heterocycles. The van der Waals surface area contributed by atoms with E-state index >= 15 is 0 Å². The lowest BCUT2D eigenvalue weighted by Crippen LogP contribution is -2.37. The predicted molar refractivity (Wildman–Crippen MR) is 110 cm³/mol. The highest BCUT2D eigenvalue weighted by atomic mass is 32.1. The fourth-order valence-corrected chi connectivity index (χ4v) is 4.58. The van der Waals surface area contributed by atoms with Crippen LogP contribution in [0.4, 0.5) is 19.0 Å². The first-order valence-corrected chi connectivity index (χ1v) is 10.8. The van der Waals surface area contributed by atoms with Crippen LogP contribution in [-0.4, -0.2) is 43.9 Å². The third-order valence-electron chi connectivity index (χ3n) is 5.33. The molecule has 12 heteroatoms. The summed E-state index contributed by atoms with van der Waals surface area (Å²) in [5, 5.41) is 11.5. The Kier molecular flexibility index (Phi) is 5.16. The van der Waals surface area contributed by atoms with Gasteiger partial charge in [-0.1, -0.05) is 12.1 Å². The molecule has 1 fully saturated rings. The Balaban J connectivity index is 1.20. The quantitative estimate of drug-likeness (QED) is 0.428. The largest absolute Gasteiger partial charge is 0.458 e. The molecule has 1 aliphatic heterocycles. The summed E-state index contributed by atoms with van der Waals surface area (Å²) in [7, 11) is 0. The molecule has 1 saturated heterocycles. The normalized spacial score (nSPS) is 15.5. The number of fused-ring (bicyclic) bond motifs is 2. The topological polar surface area (TPSA) is 85.5 Å². The average Bonchev–Trinajstić information content (AvgIpc) is 3.40. The molecule has 166 valence electrons. The second-order valence-electron chi connectivity index (χ2n) is 7.43. The van der Waals surface area contributed by atoms with Crippen molar-refractivity contribution in [3.8, 4) is 0 Å². The maximum Gasteiger partial charge on any atom is 0.453 e. The number of aromatic nitrogens is 5. The number of para-hydroxylation sites is 1. The van der Waals surface area contributed by atoms with Crippen LogP contribution in [0.5, 0.6) is 0 Å². The molecule has 5 rings (SSSR count). The highest BCUT2D eigenvalue weighted by Gasteiger charge is 2.38. The van der Waals surface area contributed by atoms with Crippen LogP contribution in [0.15, 0.2) is 36.4 Å². The van der Waals surface area contributed by atoms with Crippen molar-refractivity contribution in [1.82, 2.24) is 24.8 Å². The Bertz CT molecular complexity index is 1250. The Labute approximate surface area is 183 Å². The molecule has 4 aromatic rings. The third kappa shape index (κ3) is 3.97. The standard InChI is InChI=1S/C20H17F3N6O2S/c21-20(22,23)19-26-25-15-5-6-16(27-29(15)19)28-9-7-12(8-10-28)18(30)31-11-17-24-13-3-1-2-4-14(13)32-17/h1-6,12H,7-11H2. The summed E-state index contributed by atoms with van der Waals surface area (Å²) in [5.41, 5.74) is 0.900. The van der Waals surface area contributed by atoms with Crippen LogP contribution in [0.2, 0.25) is 0 Å². The Hall–Kier alpha value is -3.28. The van der Waals surface area contributed by atoms with Crippen molar-refractivity contribution >= 4 is 39.0 Å². The van der Waals surface area contributed by atoms with Crippen molar-refractivity contribution in [1.29, 1.82) is 0 Å². The lowest BCUT2D eigenvalue weighted by molar-refractivity contribution is -0.150. The van der Waals surface area contributed by atoms with E-state index < -0.39 is 12.0 Å². The molecule has 0 N–H and O–H groups in total. The van der Waals surface area contributed by atoms with Gasteiger partial charge in [0.15, 0.2) is 5.65 Å². The van der Waals surface area contributed by atoms with Gasteiger partial charge in [0.2, 0.25) is 0 Å². The SMILES string of the molecule is O=C(OCc1nc2ccccc2s1)C1CCN(c2ccc3nnc(C(F)(F)F)n3n2)CC1. The molecule has 0 spiro atoms. The second kappa shape index (κ2) is 8.01. The molecule has 0 saturated carbocycles. The Morgan fingerprint density at radius 3 is 2.66 bits per heavy atom. The van der Waals surface area contributed by atoms with E-state index in [2.05, 4.69) is 20.3 Å². The molecular formula is C20H17F3N6O2S. The number of thiazole rings is 1. The van der Waals surface area contributed by atoms with Crippen molar-refractivity contribution in [2.75, 3.05) is 18.0 Å². The van der Waals surface area contributed by atoms with Crippen molar-refractivity contribution < 1.29 is 22.7 Å². The maximum atomic E-state index is 13.1. The first-order valence-electron chi connectivity index (χ1n) is 9.94. The van der Waals surface area contributed by atoms with E-state index in [0.29, 0.717) is 36.3 Å². The number of carbonyl (C=O) groups is 1. The molecule has 0 amide bonds. The minimum atomic E-state index is -4.65. The summed E-state index contributed by atoms with van der Waals surface area (Å²) in [4.78, 5) is 18.8. The fourth-order valence-electron chi connectivity index (χ4n) is 3.70. The zero-order chi connectivity index (χ0) is 22.3. The lowest BCUT2D eigenvalue weighted by atomic mass is 9.97. The number of alkyl halides is 3. The van der Waals surface area contributed by atoms with E-state index in [0.717, 1.165) is 15.2 Å². The smallest absolute Gasteiger partial charge is 0.453 e. The number of ether oxygens (including phenoxy) is 1. The van der Waals surface area contributed by atoms with E-state index in [9.17, 15) is 18.0 Å². The maximum absolute atomic E-state index is 13.1. The van der Waals surface area contributed by atoms with Gasteiger partial charge in [0.25, 0.3) is 5.82 Å². The van der Waals surface area contributed by atoms with Crippen molar-refractivity contribution in [3.05, 3.63) is 47.2 Å². The van der Waals surface area contributed by atoms with Crippen LogP contribution in [0.25, 0.3) is 15.9 Å². The van der Waals surface area contributed by atoms with Gasteiger partial charge >= 0.3 is 12.1 Å². The van der Waals surface area contributed by atoms with Gasteiger partial charge in [-0.25, -0.2) is 4.98 Å². The second-order valence-corrected chi connectivity index (χ2v) is 8.54. The van der Waals surface area contributed by atoms with E-state index in [-0.39, 0.29) is 24.1 Å². The molecule has 0 bridgehead atoms. The first kappa shape index (κ1) is 20.6. The molecule has 1 aliphatic rings. The molecule has 0 aliphatic carbocycles. The number of halogens is 3. The van der Waals surface area contributed by atoms with Gasteiger partial charge in [-0.3, -0.25) is 4.79 Å². The van der Waals surface area contributed by atoms with Crippen LogP contribution >= 0.6 is 11.3 Å². The number of anilines is 1. The van der Waals surface area contributed by atoms with Gasteiger partial charge in [0.05, 0.1) is 16.1 Å². The molecular weight excluding hydrogens is 445 g/mol. The number of rotatable bonds is 4. The first-order chi connectivity index (χ1) is 15.4. The minimum absolute atomic E-state index is 0.0226. The zero-order valence-corrected chi connectivity index (χ0v) is 17.4. The molecule has 0 atom stereocenters. The number of esters is 1. The van der Waals surface area contributed by atoms with E-state index in [4.69, 9.17) is 4.74 Å². The van der Waals surface area contributed by atoms with Crippen molar-refractivity contribution in [3.63, 3.8) is 0 Å². The van der Waals surface area contributed by atoms with Gasteiger partial charge in [-0.2, -0.15) is 17.7 Å². The molecule has 32 heavy (non-hydrogen) atoms. The van der Waals surface area contributed by atoms with Crippen LogP contribution in [-0.2, 0) is 22.3 Å². The fraction of sp³-hybridized carbons (Fsp3) is 0.350. The van der Waals surface area contributed by atoms with Gasteiger partial charge in [-0.05, 0) is 37.1 Å². The molecule has 3 aromatic heterocycles. The predicted octanol–water partition coefficient (Wildman–Crippen LogP) is 3.71. The van der Waals surface area contributed by atoms with Gasteiger partial charge in [0, 0.05) is 13.1 Å². The number of piperidine rings is 1. The number of hydrogen-bond donors (Lipinski definition) is 0. The summed E-state index contributed by atoms with van der Waals surface area (Å²) >= 11 is 1.49. The minimum Gasteiger partial charge on any atom is -0.458 e. The van der Waals surface area contributed by atoms with Crippen LogP contribution in [0.1, 0.15) is 23.7 Å². The molecule has 8 nitrogen and oxygen atoms in total. The molecule has 0 radical (unpaired) electrons. The Morgan fingerprint density at radius 1 is 1.12 bits per heavy atom.